The van der Waals surface area contributed by atoms with Crippen molar-refractivity contribution >= 4 is 63.7 Å². The van der Waals surface area contributed by atoms with E-state index < -0.39 is 22.7 Å². The van der Waals surface area contributed by atoms with E-state index in [0.29, 0.717) is 17.1 Å². The Morgan fingerprint density at radius 2 is 1.81 bits per heavy atom. The number of alkyl halides is 3. The maximum Gasteiger partial charge on any atom is 0.435 e. The van der Waals surface area contributed by atoms with Crippen LogP contribution in [0, 0.1) is 6.92 Å². The predicted octanol–water partition coefficient (Wildman–Crippen LogP) is 7.10. The second-order valence-electron chi connectivity index (χ2n) is 5.77. The summed E-state index contributed by atoms with van der Waals surface area (Å²) in [6.07, 6.45) is -3.12. The Labute approximate surface area is 199 Å². The van der Waals surface area contributed by atoms with Gasteiger partial charge in [-0.25, -0.2) is 9.78 Å². The highest BCUT2D eigenvalue weighted by atomic mass is 35.5. The van der Waals surface area contributed by atoms with Crippen LogP contribution in [0.15, 0.2) is 22.7 Å². The Morgan fingerprint density at radius 1 is 1.16 bits per heavy atom. The van der Waals surface area contributed by atoms with Crippen LogP contribution >= 0.6 is 57.7 Å². The molecule has 0 amide bonds. The quantitative estimate of drug-likeness (QED) is 0.252. The molecule has 0 bridgehead atoms. The molecule has 0 radical (unpaired) electrons. The number of thiazole rings is 1. The summed E-state index contributed by atoms with van der Waals surface area (Å²) in [7, 11) is 0. The number of benzene rings is 1. The van der Waals surface area contributed by atoms with Crippen LogP contribution < -0.4 is 9.47 Å². The lowest BCUT2D eigenvalue weighted by Crippen LogP contribution is -2.15. The van der Waals surface area contributed by atoms with Crippen LogP contribution in [0.3, 0.4) is 0 Å². The van der Waals surface area contributed by atoms with Crippen molar-refractivity contribution in [3.05, 3.63) is 48.3 Å². The highest BCUT2D eigenvalue weighted by Gasteiger charge is 2.39. The molecule has 0 atom stereocenters. The fourth-order valence-corrected chi connectivity index (χ4v) is 3.71. The van der Waals surface area contributed by atoms with E-state index in [2.05, 4.69) is 4.98 Å². The summed E-state index contributed by atoms with van der Waals surface area (Å²) in [5.74, 6) is -0.547. The number of carbonyl (C=O) groups excluding carboxylic acids is 1. The maximum atomic E-state index is 12.9. The van der Waals surface area contributed by atoms with Gasteiger partial charge in [-0.15, -0.1) is 11.3 Å². The summed E-state index contributed by atoms with van der Waals surface area (Å²) in [5, 5.41) is 0.465. The van der Waals surface area contributed by atoms with Crippen LogP contribution in [0.25, 0.3) is 0 Å². The van der Waals surface area contributed by atoms with Gasteiger partial charge in [-0.2, -0.15) is 13.2 Å². The van der Waals surface area contributed by atoms with E-state index in [0.717, 1.165) is 0 Å². The molecule has 0 unspecified atom stereocenters. The molecule has 31 heavy (non-hydrogen) atoms. The number of hydrogen-bond acceptors (Lipinski definition) is 6. The molecule has 0 spiro atoms. The minimum absolute atomic E-state index is 0.0470. The first-order chi connectivity index (χ1) is 14.5. The summed E-state index contributed by atoms with van der Waals surface area (Å²) in [6, 6.07) is 2.95. The van der Waals surface area contributed by atoms with Crippen molar-refractivity contribution in [2.45, 2.75) is 19.5 Å². The van der Waals surface area contributed by atoms with Gasteiger partial charge in [-0.1, -0.05) is 46.4 Å². The van der Waals surface area contributed by atoms with E-state index in [1.165, 1.54) is 25.1 Å². The van der Waals surface area contributed by atoms with Gasteiger partial charge in [0.2, 0.25) is 0 Å². The largest absolute Gasteiger partial charge is 0.490 e. The fraction of sp³-hybridized carbons (Fsp3) is 0.333. The van der Waals surface area contributed by atoms with Gasteiger partial charge in [0.15, 0.2) is 11.4 Å². The average molecular weight is 539 g/mol. The minimum atomic E-state index is -4.74. The molecule has 0 saturated carbocycles. The zero-order valence-corrected chi connectivity index (χ0v) is 19.5. The molecule has 0 N–H and O–H groups in total. The van der Waals surface area contributed by atoms with Crippen LogP contribution in [0.1, 0.15) is 26.8 Å². The number of esters is 1. The van der Waals surface area contributed by atoms with Gasteiger partial charge in [-0.3, -0.25) is 0 Å². The third-order valence-electron chi connectivity index (χ3n) is 3.42. The van der Waals surface area contributed by atoms with Gasteiger partial charge in [0.25, 0.3) is 0 Å². The van der Waals surface area contributed by atoms with E-state index in [9.17, 15) is 18.0 Å². The smallest absolute Gasteiger partial charge is 0.435 e. The molecule has 5 nitrogen and oxygen atoms in total. The van der Waals surface area contributed by atoms with Gasteiger partial charge in [0, 0.05) is 18.6 Å². The minimum Gasteiger partial charge on any atom is -0.490 e. The van der Waals surface area contributed by atoms with Gasteiger partial charge in [0.05, 0.1) is 28.3 Å². The lowest BCUT2D eigenvalue weighted by Gasteiger charge is -2.12. The van der Waals surface area contributed by atoms with Gasteiger partial charge >= 0.3 is 12.1 Å². The van der Waals surface area contributed by atoms with Crippen molar-refractivity contribution in [2.24, 2.45) is 0 Å². The molecule has 2 rings (SSSR count). The van der Waals surface area contributed by atoms with Crippen LogP contribution in [-0.2, 0) is 10.9 Å². The third-order valence-corrected chi connectivity index (χ3v) is 5.24. The van der Waals surface area contributed by atoms with E-state index >= 15 is 0 Å². The Balaban J connectivity index is 1.85. The topological polar surface area (TPSA) is 57.7 Å². The Hall–Kier alpha value is -1.39. The molecule has 0 saturated heterocycles. The normalized spacial score (nSPS) is 11.2. The third kappa shape index (κ3) is 7.91. The zero-order chi connectivity index (χ0) is 23.2. The Bertz CT molecular complexity index is 939. The number of halogens is 7. The molecule has 0 aliphatic carbocycles. The van der Waals surface area contributed by atoms with E-state index in [-0.39, 0.29) is 51.5 Å². The Morgan fingerprint density at radius 3 is 2.39 bits per heavy atom. The maximum absolute atomic E-state index is 12.9. The molecule has 0 aliphatic heterocycles. The Kier molecular flexibility index (Phi) is 9.57. The molecule has 1 aromatic heterocycles. The van der Waals surface area contributed by atoms with Crippen molar-refractivity contribution in [1.82, 2.24) is 4.98 Å². The highest BCUT2D eigenvalue weighted by molar-refractivity contribution is 7.13. The molecule has 0 aliphatic rings. The van der Waals surface area contributed by atoms with Gasteiger partial charge in [-0.05, 0) is 13.0 Å². The van der Waals surface area contributed by atoms with Crippen LogP contribution in [0.4, 0.5) is 13.2 Å². The number of aryl methyl sites for hydroxylation is 1. The standard InChI is InChI=1S/C18H14Cl4F3NO4S/c1-9-26-16(18(23,24)25)15(31-9)17(27)30-5-2-4-29-14-11(19)7-10(8-12(14)20)28-6-3-13(21)22/h3,7-8H,2,4-6H2,1H3. The first-order valence-electron chi connectivity index (χ1n) is 8.46. The number of nitrogens with zero attached hydrogens (tertiary/aromatic N) is 1. The highest BCUT2D eigenvalue weighted by Crippen LogP contribution is 2.37. The molecule has 170 valence electrons. The monoisotopic (exact) mass is 537 g/mol. The number of ether oxygens (including phenoxy) is 3. The molecular weight excluding hydrogens is 525 g/mol. The SMILES string of the molecule is Cc1nc(C(F)(F)F)c(C(=O)OCCCOc2c(Cl)cc(OCC=C(Cl)Cl)cc2Cl)s1. The van der Waals surface area contributed by atoms with Crippen LogP contribution in [0.2, 0.25) is 10.0 Å². The van der Waals surface area contributed by atoms with E-state index in [1.54, 1.807) is 0 Å². The molecule has 0 fully saturated rings. The second-order valence-corrected chi connectivity index (χ2v) is 8.79. The van der Waals surface area contributed by atoms with Gasteiger partial charge < -0.3 is 14.2 Å². The number of rotatable bonds is 9. The predicted molar refractivity (Wildman–Crippen MR) is 114 cm³/mol. The summed E-state index contributed by atoms with van der Waals surface area (Å²) in [4.78, 5) is 14.7. The number of aromatic nitrogens is 1. The summed E-state index contributed by atoms with van der Waals surface area (Å²) in [5.41, 5.74) is -1.25. The lowest BCUT2D eigenvalue weighted by atomic mass is 10.3. The molecule has 1 aromatic carbocycles. The molecule has 13 heteroatoms. The number of hydrogen-bond donors (Lipinski definition) is 0. The molecular formula is C18H14Cl4F3NO4S. The van der Waals surface area contributed by atoms with Crippen LogP contribution in [-0.4, -0.2) is 30.8 Å². The van der Waals surface area contributed by atoms with Crippen molar-refractivity contribution < 1.29 is 32.2 Å². The molecule has 2 aromatic rings. The van der Waals surface area contributed by atoms with E-state index in [4.69, 9.17) is 60.6 Å². The number of carbonyl (C=O) groups is 1. The lowest BCUT2D eigenvalue weighted by molar-refractivity contribution is -0.141. The first-order valence-corrected chi connectivity index (χ1v) is 10.8. The van der Waals surface area contributed by atoms with Crippen LogP contribution in [0.5, 0.6) is 11.5 Å². The zero-order valence-electron chi connectivity index (χ0n) is 15.7. The second kappa shape index (κ2) is 11.5. The first kappa shape index (κ1) is 25.9. The van der Waals surface area contributed by atoms with E-state index in [1.807, 2.05) is 0 Å². The van der Waals surface area contributed by atoms with Crippen molar-refractivity contribution in [3.8, 4) is 11.5 Å². The van der Waals surface area contributed by atoms with Crippen molar-refractivity contribution in [1.29, 1.82) is 0 Å². The summed E-state index contributed by atoms with van der Waals surface area (Å²) < 4.78 is 54.6. The molecule has 1 heterocycles. The summed E-state index contributed by atoms with van der Waals surface area (Å²) in [6.45, 7) is 1.36. The average Bonchev–Trinajstić information content (AvgIpc) is 3.05. The van der Waals surface area contributed by atoms with Crippen molar-refractivity contribution in [3.63, 3.8) is 0 Å². The summed E-state index contributed by atoms with van der Waals surface area (Å²) >= 11 is 23.9. The fourth-order valence-electron chi connectivity index (χ4n) is 2.18. The van der Waals surface area contributed by atoms with Crippen molar-refractivity contribution in [2.75, 3.05) is 19.8 Å². The van der Waals surface area contributed by atoms with Gasteiger partial charge in [0.1, 0.15) is 21.7 Å².